The zero-order chi connectivity index (χ0) is 11.1. The first-order valence-electron chi connectivity index (χ1n) is 4.48. The molecule has 0 spiro atoms. The lowest BCUT2D eigenvalue weighted by atomic mass is 10.3. The topological polar surface area (TPSA) is 38.3 Å². The molecule has 1 rings (SSSR count). The van der Waals surface area contributed by atoms with Crippen LogP contribution >= 0.6 is 22.6 Å². The Labute approximate surface area is 103 Å². The van der Waals surface area contributed by atoms with Crippen LogP contribution in [0.15, 0.2) is 36.9 Å². The monoisotopic (exact) mass is 317 g/mol. The molecule has 1 aromatic rings. The van der Waals surface area contributed by atoms with Gasteiger partial charge in [-0.25, -0.2) is 0 Å². The van der Waals surface area contributed by atoms with E-state index in [1.807, 2.05) is 24.3 Å². The second-order valence-corrected chi connectivity index (χ2v) is 4.08. The van der Waals surface area contributed by atoms with Gasteiger partial charge in [-0.05, 0) is 40.8 Å². The Bertz CT molecular complexity index is 352. The average molecular weight is 317 g/mol. The van der Waals surface area contributed by atoms with Gasteiger partial charge in [-0.15, -0.1) is 6.58 Å². The van der Waals surface area contributed by atoms with Gasteiger partial charge in [0, 0.05) is 10.1 Å². The van der Waals surface area contributed by atoms with E-state index in [1.165, 1.54) is 0 Å². The summed E-state index contributed by atoms with van der Waals surface area (Å²) < 4.78 is 6.37. The number of halogens is 1. The van der Waals surface area contributed by atoms with E-state index < -0.39 is 0 Å². The van der Waals surface area contributed by atoms with E-state index in [1.54, 1.807) is 6.08 Å². The lowest BCUT2D eigenvalue weighted by Crippen LogP contribution is -2.28. The van der Waals surface area contributed by atoms with Gasteiger partial charge in [0.2, 0.25) is 0 Å². The summed E-state index contributed by atoms with van der Waals surface area (Å²) in [5.74, 6) is 0.560. The third-order valence-electron chi connectivity index (χ3n) is 1.61. The molecule has 0 aromatic heterocycles. The quantitative estimate of drug-likeness (QED) is 0.666. The number of carbonyl (C=O) groups excluding carboxylic acids is 1. The van der Waals surface area contributed by atoms with Crippen molar-refractivity contribution in [3.05, 3.63) is 40.5 Å². The van der Waals surface area contributed by atoms with Crippen LogP contribution in [-0.2, 0) is 4.79 Å². The maximum absolute atomic E-state index is 11.2. The highest BCUT2D eigenvalue weighted by Gasteiger charge is 2.00. The van der Waals surface area contributed by atoms with Crippen LogP contribution in [0.5, 0.6) is 5.75 Å². The number of rotatable bonds is 5. The summed E-state index contributed by atoms with van der Waals surface area (Å²) in [7, 11) is 0. The molecule has 0 bridgehead atoms. The Hall–Kier alpha value is -1.04. The lowest BCUT2D eigenvalue weighted by molar-refractivity contribution is -0.122. The van der Waals surface area contributed by atoms with E-state index in [-0.39, 0.29) is 12.5 Å². The smallest absolute Gasteiger partial charge is 0.258 e. The predicted molar refractivity (Wildman–Crippen MR) is 67.9 cm³/mol. The van der Waals surface area contributed by atoms with Crippen molar-refractivity contribution in [2.75, 3.05) is 13.2 Å². The van der Waals surface area contributed by atoms with E-state index >= 15 is 0 Å². The van der Waals surface area contributed by atoms with Crippen LogP contribution in [-0.4, -0.2) is 19.1 Å². The first kappa shape index (κ1) is 12.0. The Morgan fingerprint density at radius 2 is 2.40 bits per heavy atom. The number of benzene rings is 1. The molecule has 1 amide bonds. The summed E-state index contributed by atoms with van der Waals surface area (Å²) in [5.41, 5.74) is 0. The molecular formula is C11H12INO2. The highest BCUT2D eigenvalue weighted by molar-refractivity contribution is 14.1. The van der Waals surface area contributed by atoms with E-state index in [4.69, 9.17) is 4.74 Å². The lowest BCUT2D eigenvalue weighted by Gasteiger charge is -2.06. The first-order valence-corrected chi connectivity index (χ1v) is 5.56. The van der Waals surface area contributed by atoms with Gasteiger partial charge >= 0.3 is 0 Å². The van der Waals surface area contributed by atoms with Gasteiger partial charge in [0.15, 0.2) is 6.61 Å². The minimum absolute atomic E-state index is 0.0356. The largest absolute Gasteiger partial charge is 0.484 e. The van der Waals surface area contributed by atoms with E-state index in [2.05, 4.69) is 34.5 Å². The van der Waals surface area contributed by atoms with E-state index in [9.17, 15) is 4.79 Å². The molecule has 1 aromatic carbocycles. The molecule has 0 saturated carbocycles. The van der Waals surface area contributed by atoms with E-state index in [0.717, 1.165) is 3.57 Å². The van der Waals surface area contributed by atoms with Crippen molar-refractivity contribution >= 4 is 28.5 Å². The molecule has 0 aliphatic heterocycles. The summed E-state index contributed by atoms with van der Waals surface area (Å²) in [4.78, 5) is 11.2. The number of nitrogens with one attached hydrogen (secondary N) is 1. The van der Waals surface area contributed by atoms with Crippen molar-refractivity contribution in [2.45, 2.75) is 0 Å². The number of hydrogen-bond donors (Lipinski definition) is 1. The molecule has 0 fully saturated rings. The van der Waals surface area contributed by atoms with Crippen molar-refractivity contribution in [1.82, 2.24) is 5.32 Å². The van der Waals surface area contributed by atoms with Gasteiger partial charge in [0.05, 0.1) is 0 Å². The van der Waals surface area contributed by atoms with Gasteiger partial charge in [0.25, 0.3) is 5.91 Å². The highest BCUT2D eigenvalue weighted by Crippen LogP contribution is 2.14. The van der Waals surface area contributed by atoms with Crippen LogP contribution < -0.4 is 10.1 Å². The van der Waals surface area contributed by atoms with Crippen LogP contribution in [0.3, 0.4) is 0 Å². The molecule has 1 N–H and O–H groups in total. The molecule has 0 unspecified atom stereocenters. The average Bonchev–Trinajstić information content (AvgIpc) is 2.23. The summed E-state index contributed by atoms with van der Waals surface area (Å²) in [5, 5.41) is 2.63. The van der Waals surface area contributed by atoms with Crippen LogP contribution in [0.1, 0.15) is 0 Å². The molecule has 0 aliphatic carbocycles. The SMILES string of the molecule is C=CCNC(=O)COc1cccc(I)c1. The molecule has 0 radical (unpaired) electrons. The summed E-state index contributed by atoms with van der Waals surface area (Å²) in [6.07, 6.45) is 1.63. The van der Waals surface area contributed by atoms with Gasteiger partial charge in [-0.1, -0.05) is 12.1 Å². The zero-order valence-electron chi connectivity index (χ0n) is 8.20. The molecule has 3 nitrogen and oxygen atoms in total. The molecule has 0 atom stereocenters. The molecule has 15 heavy (non-hydrogen) atoms. The van der Waals surface area contributed by atoms with Gasteiger partial charge < -0.3 is 10.1 Å². The second kappa shape index (κ2) is 6.44. The van der Waals surface area contributed by atoms with Crippen molar-refractivity contribution in [2.24, 2.45) is 0 Å². The minimum atomic E-state index is -0.145. The van der Waals surface area contributed by atoms with Crippen molar-refractivity contribution in [1.29, 1.82) is 0 Å². The van der Waals surface area contributed by atoms with Crippen molar-refractivity contribution < 1.29 is 9.53 Å². The Balaban J connectivity index is 2.36. The summed E-state index contributed by atoms with van der Waals surface area (Å²) in [6.45, 7) is 4.01. The number of amides is 1. The first-order chi connectivity index (χ1) is 7.22. The van der Waals surface area contributed by atoms with Gasteiger partial charge in [0.1, 0.15) is 5.75 Å². The number of hydrogen-bond acceptors (Lipinski definition) is 2. The second-order valence-electron chi connectivity index (χ2n) is 2.84. The fourth-order valence-corrected chi connectivity index (χ4v) is 1.46. The third-order valence-corrected chi connectivity index (χ3v) is 2.28. The normalized spacial score (nSPS) is 9.40. The molecule has 0 heterocycles. The van der Waals surface area contributed by atoms with E-state index in [0.29, 0.717) is 12.3 Å². The zero-order valence-corrected chi connectivity index (χ0v) is 10.4. The molecular weight excluding hydrogens is 305 g/mol. The van der Waals surface area contributed by atoms with Gasteiger partial charge in [-0.2, -0.15) is 0 Å². The van der Waals surface area contributed by atoms with Crippen molar-refractivity contribution in [3.63, 3.8) is 0 Å². The minimum Gasteiger partial charge on any atom is -0.484 e. The summed E-state index contributed by atoms with van der Waals surface area (Å²) >= 11 is 2.19. The fraction of sp³-hybridized carbons (Fsp3) is 0.182. The van der Waals surface area contributed by atoms with Crippen molar-refractivity contribution in [3.8, 4) is 5.75 Å². The van der Waals surface area contributed by atoms with Crippen LogP contribution in [0.25, 0.3) is 0 Å². The van der Waals surface area contributed by atoms with Crippen LogP contribution in [0.2, 0.25) is 0 Å². The van der Waals surface area contributed by atoms with Crippen LogP contribution in [0.4, 0.5) is 0 Å². The Morgan fingerprint density at radius 3 is 3.07 bits per heavy atom. The highest BCUT2D eigenvalue weighted by atomic mass is 127. The van der Waals surface area contributed by atoms with Gasteiger partial charge in [-0.3, -0.25) is 4.79 Å². The fourth-order valence-electron chi connectivity index (χ4n) is 0.943. The standard InChI is InChI=1S/C11H12INO2/c1-2-6-13-11(14)8-15-10-5-3-4-9(12)7-10/h2-5,7H,1,6,8H2,(H,13,14). The number of ether oxygens (including phenoxy) is 1. The molecule has 4 heteroatoms. The predicted octanol–water partition coefficient (Wildman–Crippen LogP) is 1.97. The maximum atomic E-state index is 11.2. The molecule has 80 valence electrons. The molecule has 0 saturated heterocycles. The number of carbonyl (C=O) groups is 1. The van der Waals surface area contributed by atoms with Crippen LogP contribution in [0, 0.1) is 3.57 Å². The summed E-state index contributed by atoms with van der Waals surface area (Å²) in [6, 6.07) is 7.55. The third kappa shape index (κ3) is 4.83. The Kier molecular flexibility index (Phi) is 5.17. The molecule has 0 aliphatic rings. The Morgan fingerprint density at radius 1 is 1.60 bits per heavy atom. The maximum Gasteiger partial charge on any atom is 0.258 e.